The van der Waals surface area contributed by atoms with Gasteiger partial charge in [0, 0.05) is 18.3 Å². The first-order valence-corrected chi connectivity index (χ1v) is 4.69. The van der Waals surface area contributed by atoms with Crippen LogP contribution in [0.25, 0.3) is 0 Å². The van der Waals surface area contributed by atoms with Crippen molar-refractivity contribution in [3.8, 4) is 0 Å². The molecule has 1 heterocycles. The molecule has 1 atom stereocenters. The van der Waals surface area contributed by atoms with Crippen LogP contribution < -0.4 is 0 Å². The van der Waals surface area contributed by atoms with Gasteiger partial charge in [-0.15, -0.1) is 11.6 Å². The van der Waals surface area contributed by atoms with E-state index in [-0.39, 0.29) is 5.38 Å². The maximum atomic E-state index is 5.90. The lowest BCUT2D eigenvalue weighted by Gasteiger charge is -2.03. The Balaban J connectivity index is 2.64. The minimum Gasteiger partial charge on any atom is -0.272 e. The quantitative estimate of drug-likeness (QED) is 0.664. The molecule has 68 valence electrons. The summed E-state index contributed by atoms with van der Waals surface area (Å²) in [4.78, 5) is 0. The standard InChI is InChI=1S/C9H15ClN2/c1-7(2)5-12-6-9(4-11-12)8(3)10/h4,6-8H,5H2,1-3H3. The molecule has 0 aromatic carbocycles. The molecule has 1 aromatic rings. The molecule has 1 unspecified atom stereocenters. The third-order valence-corrected chi connectivity index (χ3v) is 1.92. The fourth-order valence-corrected chi connectivity index (χ4v) is 1.17. The van der Waals surface area contributed by atoms with Crippen LogP contribution in [0.5, 0.6) is 0 Å². The number of alkyl halides is 1. The third kappa shape index (κ3) is 2.52. The van der Waals surface area contributed by atoms with Gasteiger partial charge in [0.2, 0.25) is 0 Å². The monoisotopic (exact) mass is 186 g/mol. The summed E-state index contributed by atoms with van der Waals surface area (Å²) in [6.07, 6.45) is 3.84. The zero-order valence-corrected chi connectivity index (χ0v) is 8.54. The fourth-order valence-electron chi connectivity index (χ4n) is 1.06. The molecule has 2 nitrogen and oxygen atoms in total. The summed E-state index contributed by atoms with van der Waals surface area (Å²) in [5.41, 5.74) is 1.09. The Hall–Kier alpha value is -0.500. The smallest absolute Gasteiger partial charge is 0.0588 e. The molecule has 0 aliphatic carbocycles. The Kier molecular flexibility index (Phi) is 3.15. The molecule has 12 heavy (non-hydrogen) atoms. The maximum Gasteiger partial charge on any atom is 0.0588 e. The number of hydrogen-bond acceptors (Lipinski definition) is 1. The van der Waals surface area contributed by atoms with Crippen LogP contribution in [0, 0.1) is 5.92 Å². The van der Waals surface area contributed by atoms with Crippen molar-refractivity contribution < 1.29 is 0 Å². The van der Waals surface area contributed by atoms with E-state index in [2.05, 4.69) is 18.9 Å². The number of halogens is 1. The predicted octanol–water partition coefficient (Wildman–Crippen LogP) is 2.84. The van der Waals surface area contributed by atoms with Crippen LogP contribution in [-0.2, 0) is 6.54 Å². The van der Waals surface area contributed by atoms with Gasteiger partial charge in [-0.2, -0.15) is 5.10 Å². The van der Waals surface area contributed by atoms with Crippen molar-refractivity contribution >= 4 is 11.6 Å². The molecular formula is C9H15ClN2. The Bertz CT molecular complexity index is 240. The molecule has 0 saturated heterocycles. The summed E-state index contributed by atoms with van der Waals surface area (Å²) in [5, 5.41) is 4.27. The van der Waals surface area contributed by atoms with Crippen molar-refractivity contribution in [2.75, 3.05) is 0 Å². The van der Waals surface area contributed by atoms with E-state index < -0.39 is 0 Å². The van der Waals surface area contributed by atoms with Gasteiger partial charge in [-0.25, -0.2) is 0 Å². The van der Waals surface area contributed by atoms with Gasteiger partial charge in [-0.3, -0.25) is 4.68 Å². The first-order chi connectivity index (χ1) is 5.59. The molecule has 0 saturated carbocycles. The van der Waals surface area contributed by atoms with E-state index in [9.17, 15) is 0 Å². The first kappa shape index (κ1) is 9.59. The van der Waals surface area contributed by atoms with E-state index in [0.717, 1.165) is 12.1 Å². The van der Waals surface area contributed by atoms with Gasteiger partial charge < -0.3 is 0 Å². The Morgan fingerprint density at radius 3 is 2.58 bits per heavy atom. The molecule has 1 aromatic heterocycles. The average molecular weight is 187 g/mol. The summed E-state index contributed by atoms with van der Waals surface area (Å²) >= 11 is 5.90. The van der Waals surface area contributed by atoms with Crippen molar-refractivity contribution in [1.82, 2.24) is 9.78 Å². The number of nitrogens with zero attached hydrogens (tertiary/aromatic N) is 2. The van der Waals surface area contributed by atoms with Crippen LogP contribution in [0.1, 0.15) is 31.7 Å². The van der Waals surface area contributed by atoms with E-state index in [4.69, 9.17) is 11.6 Å². The van der Waals surface area contributed by atoms with Crippen LogP contribution in [0.3, 0.4) is 0 Å². The summed E-state index contributed by atoms with van der Waals surface area (Å²) in [5.74, 6) is 0.628. The highest BCUT2D eigenvalue weighted by atomic mass is 35.5. The van der Waals surface area contributed by atoms with Crippen LogP contribution in [-0.4, -0.2) is 9.78 Å². The highest BCUT2D eigenvalue weighted by Gasteiger charge is 2.04. The highest BCUT2D eigenvalue weighted by molar-refractivity contribution is 6.20. The van der Waals surface area contributed by atoms with Crippen molar-refractivity contribution in [1.29, 1.82) is 0 Å². The van der Waals surface area contributed by atoms with Crippen molar-refractivity contribution in [3.63, 3.8) is 0 Å². The number of aromatic nitrogens is 2. The molecule has 0 fully saturated rings. The molecular weight excluding hydrogens is 172 g/mol. The second-order valence-electron chi connectivity index (χ2n) is 3.51. The molecule has 3 heteroatoms. The SMILES string of the molecule is CC(C)Cn1cc(C(C)Cl)cn1. The van der Waals surface area contributed by atoms with E-state index in [1.807, 2.05) is 24.0 Å². The second-order valence-corrected chi connectivity index (χ2v) is 4.16. The largest absolute Gasteiger partial charge is 0.272 e. The Labute approximate surface area is 78.5 Å². The van der Waals surface area contributed by atoms with Gasteiger partial charge in [-0.1, -0.05) is 13.8 Å². The van der Waals surface area contributed by atoms with E-state index in [0.29, 0.717) is 5.92 Å². The zero-order chi connectivity index (χ0) is 9.14. The van der Waals surface area contributed by atoms with Crippen LogP contribution >= 0.6 is 11.6 Å². The van der Waals surface area contributed by atoms with Crippen LogP contribution in [0.15, 0.2) is 12.4 Å². The molecule has 0 bridgehead atoms. The van der Waals surface area contributed by atoms with E-state index in [1.54, 1.807) is 0 Å². The molecule has 0 amide bonds. The molecule has 0 aliphatic heterocycles. The highest BCUT2D eigenvalue weighted by Crippen LogP contribution is 2.18. The topological polar surface area (TPSA) is 17.8 Å². The average Bonchev–Trinajstić information content (AvgIpc) is 2.34. The molecule has 1 rings (SSSR count). The third-order valence-electron chi connectivity index (χ3n) is 1.66. The van der Waals surface area contributed by atoms with Gasteiger partial charge in [-0.05, 0) is 12.8 Å². The lowest BCUT2D eigenvalue weighted by atomic mass is 10.2. The Morgan fingerprint density at radius 1 is 1.50 bits per heavy atom. The van der Waals surface area contributed by atoms with Crippen molar-refractivity contribution in [3.05, 3.63) is 18.0 Å². The predicted molar refractivity (Wildman–Crippen MR) is 51.3 cm³/mol. The van der Waals surface area contributed by atoms with Gasteiger partial charge >= 0.3 is 0 Å². The first-order valence-electron chi connectivity index (χ1n) is 4.26. The van der Waals surface area contributed by atoms with Crippen LogP contribution in [0.4, 0.5) is 0 Å². The van der Waals surface area contributed by atoms with Gasteiger partial charge in [0.1, 0.15) is 0 Å². The molecule has 0 aliphatic rings. The zero-order valence-electron chi connectivity index (χ0n) is 7.79. The van der Waals surface area contributed by atoms with Crippen molar-refractivity contribution in [2.24, 2.45) is 5.92 Å². The number of hydrogen-bond donors (Lipinski definition) is 0. The fraction of sp³-hybridized carbons (Fsp3) is 0.667. The van der Waals surface area contributed by atoms with E-state index in [1.165, 1.54) is 0 Å². The summed E-state index contributed by atoms with van der Waals surface area (Å²) in [6.45, 7) is 7.26. The van der Waals surface area contributed by atoms with Gasteiger partial charge in [0.15, 0.2) is 0 Å². The second kappa shape index (κ2) is 3.94. The van der Waals surface area contributed by atoms with Crippen LogP contribution in [0.2, 0.25) is 0 Å². The van der Waals surface area contributed by atoms with Gasteiger partial charge in [0.25, 0.3) is 0 Å². The minimum atomic E-state index is 0.0610. The maximum absolute atomic E-state index is 5.90. The minimum absolute atomic E-state index is 0.0610. The Morgan fingerprint density at radius 2 is 2.17 bits per heavy atom. The lowest BCUT2D eigenvalue weighted by Crippen LogP contribution is -2.04. The van der Waals surface area contributed by atoms with Gasteiger partial charge in [0.05, 0.1) is 11.6 Å². The van der Waals surface area contributed by atoms with Crippen molar-refractivity contribution in [2.45, 2.75) is 32.7 Å². The summed E-state index contributed by atoms with van der Waals surface area (Å²) < 4.78 is 1.94. The summed E-state index contributed by atoms with van der Waals surface area (Å²) in [7, 11) is 0. The molecule has 0 N–H and O–H groups in total. The normalized spacial score (nSPS) is 13.8. The lowest BCUT2D eigenvalue weighted by molar-refractivity contribution is 0.483. The molecule has 0 radical (unpaired) electrons. The van der Waals surface area contributed by atoms with E-state index >= 15 is 0 Å². The molecule has 0 spiro atoms. The number of rotatable bonds is 3. The summed E-state index contributed by atoms with van der Waals surface area (Å²) in [6, 6.07) is 0.